The lowest BCUT2D eigenvalue weighted by atomic mass is 10.2. The van der Waals surface area contributed by atoms with Crippen LogP contribution in [0.5, 0.6) is 0 Å². The molecule has 0 saturated carbocycles. The zero-order valence-corrected chi connectivity index (χ0v) is 10.1. The van der Waals surface area contributed by atoms with Crippen LogP contribution in [0.4, 0.5) is 0 Å². The van der Waals surface area contributed by atoms with Crippen LogP contribution in [0, 0.1) is 0 Å². The van der Waals surface area contributed by atoms with E-state index in [9.17, 15) is 8.42 Å². The van der Waals surface area contributed by atoms with Gasteiger partial charge in [0.05, 0.1) is 21.7 Å². The highest BCUT2D eigenvalue weighted by Crippen LogP contribution is 2.35. The molecule has 0 fully saturated rings. The fourth-order valence-corrected chi connectivity index (χ4v) is 2.70. The predicted molar refractivity (Wildman–Crippen MR) is 60.0 cm³/mol. The van der Waals surface area contributed by atoms with E-state index in [0.717, 1.165) is 0 Å². The van der Waals surface area contributed by atoms with Crippen molar-refractivity contribution in [2.75, 3.05) is 0 Å². The number of nitrogens with zero attached hydrogens (tertiary/aromatic N) is 1. The zero-order valence-electron chi connectivity index (χ0n) is 7.72. The number of aromatic nitrogens is 1. The first-order chi connectivity index (χ1) is 7.50. The first kappa shape index (κ1) is 11.4. The predicted octanol–water partition coefficient (Wildman–Crippen LogP) is 2.92. The third kappa shape index (κ3) is 2.07. The molecule has 0 spiro atoms. The van der Waals surface area contributed by atoms with Crippen molar-refractivity contribution < 1.29 is 12.9 Å². The number of rotatable bonds is 2. The number of hydrogen-bond donors (Lipinski definition) is 0. The van der Waals surface area contributed by atoms with Gasteiger partial charge in [0.15, 0.2) is 5.76 Å². The Bertz CT molecular complexity index is 608. The van der Waals surface area contributed by atoms with Crippen molar-refractivity contribution in [2.45, 2.75) is 4.90 Å². The Balaban J connectivity index is 2.78. The number of halogens is 2. The molecule has 0 aliphatic heterocycles. The van der Waals surface area contributed by atoms with Gasteiger partial charge in [-0.25, -0.2) is 8.42 Å². The maximum atomic E-state index is 11.3. The SMILES string of the molecule is O=S(=O)(Cl)c1cccc(Cl)c1-c1ccno1. The summed E-state index contributed by atoms with van der Waals surface area (Å²) in [7, 11) is 1.42. The fraction of sp³-hybridized carbons (Fsp3) is 0. The lowest BCUT2D eigenvalue weighted by Crippen LogP contribution is -1.94. The Morgan fingerprint density at radius 3 is 2.56 bits per heavy atom. The van der Waals surface area contributed by atoms with E-state index in [1.807, 2.05) is 0 Å². The van der Waals surface area contributed by atoms with Gasteiger partial charge in [0, 0.05) is 16.7 Å². The molecule has 1 aromatic carbocycles. The van der Waals surface area contributed by atoms with Gasteiger partial charge < -0.3 is 4.52 Å². The van der Waals surface area contributed by atoms with Gasteiger partial charge in [-0.15, -0.1) is 0 Å². The quantitative estimate of drug-likeness (QED) is 0.792. The lowest BCUT2D eigenvalue weighted by molar-refractivity contribution is 0.431. The van der Waals surface area contributed by atoms with E-state index in [0.29, 0.717) is 0 Å². The molecule has 1 heterocycles. The molecule has 0 radical (unpaired) electrons. The van der Waals surface area contributed by atoms with Crippen LogP contribution in [-0.2, 0) is 9.05 Å². The minimum absolute atomic E-state index is 0.0987. The van der Waals surface area contributed by atoms with Crippen molar-refractivity contribution in [1.82, 2.24) is 5.16 Å². The molecule has 0 aliphatic rings. The van der Waals surface area contributed by atoms with E-state index in [1.165, 1.54) is 24.4 Å². The summed E-state index contributed by atoms with van der Waals surface area (Å²) in [6.07, 6.45) is 1.39. The van der Waals surface area contributed by atoms with Crippen LogP contribution < -0.4 is 0 Å². The molecule has 4 nitrogen and oxygen atoms in total. The van der Waals surface area contributed by atoms with Crippen molar-refractivity contribution >= 4 is 31.3 Å². The van der Waals surface area contributed by atoms with Crippen LogP contribution in [0.2, 0.25) is 5.02 Å². The molecule has 0 bridgehead atoms. The van der Waals surface area contributed by atoms with Gasteiger partial charge >= 0.3 is 0 Å². The van der Waals surface area contributed by atoms with E-state index in [-0.39, 0.29) is 21.2 Å². The topological polar surface area (TPSA) is 60.2 Å². The largest absolute Gasteiger partial charge is 0.356 e. The molecular weight excluding hydrogens is 273 g/mol. The summed E-state index contributed by atoms with van der Waals surface area (Å²) in [4.78, 5) is -0.0987. The van der Waals surface area contributed by atoms with Crippen LogP contribution >= 0.6 is 22.3 Å². The maximum absolute atomic E-state index is 11.3. The smallest absolute Gasteiger partial charge is 0.262 e. The molecule has 1 aromatic heterocycles. The monoisotopic (exact) mass is 277 g/mol. The van der Waals surface area contributed by atoms with Crippen molar-refractivity contribution in [3.05, 3.63) is 35.5 Å². The number of benzene rings is 1. The molecule has 0 amide bonds. The first-order valence-electron chi connectivity index (χ1n) is 4.14. The second kappa shape index (κ2) is 4.08. The highest BCUT2D eigenvalue weighted by atomic mass is 35.7. The summed E-state index contributed by atoms with van der Waals surface area (Å²) < 4.78 is 27.6. The molecule has 2 rings (SSSR count). The van der Waals surface area contributed by atoms with E-state index >= 15 is 0 Å². The Morgan fingerprint density at radius 2 is 2.00 bits per heavy atom. The van der Waals surface area contributed by atoms with Crippen molar-refractivity contribution in [3.8, 4) is 11.3 Å². The van der Waals surface area contributed by atoms with Crippen LogP contribution in [0.3, 0.4) is 0 Å². The van der Waals surface area contributed by atoms with Gasteiger partial charge in [0.25, 0.3) is 9.05 Å². The molecule has 16 heavy (non-hydrogen) atoms. The third-order valence-corrected chi connectivity index (χ3v) is 3.60. The molecular formula is C9H5Cl2NO3S. The van der Waals surface area contributed by atoms with Gasteiger partial charge in [-0.05, 0) is 12.1 Å². The van der Waals surface area contributed by atoms with E-state index in [1.54, 1.807) is 6.07 Å². The summed E-state index contributed by atoms with van der Waals surface area (Å²) >= 11 is 5.92. The Hall–Kier alpha value is -1.04. The fourth-order valence-electron chi connectivity index (χ4n) is 1.29. The lowest BCUT2D eigenvalue weighted by Gasteiger charge is -2.04. The zero-order chi connectivity index (χ0) is 11.8. The summed E-state index contributed by atoms with van der Waals surface area (Å²) in [5, 5.41) is 3.73. The molecule has 0 aliphatic carbocycles. The summed E-state index contributed by atoms with van der Waals surface area (Å²) in [6, 6.07) is 5.90. The summed E-state index contributed by atoms with van der Waals surface area (Å²) in [5.74, 6) is 0.254. The molecule has 84 valence electrons. The van der Waals surface area contributed by atoms with E-state index in [2.05, 4.69) is 5.16 Å². The Kier molecular flexibility index (Phi) is 2.92. The molecule has 0 saturated heterocycles. The van der Waals surface area contributed by atoms with E-state index in [4.69, 9.17) is 26.8 Å². The molecule has 2 aromatic rings. The number of hydrogen-bond acceptors (Lipinski definition) is 4. The standard InChI is InChI=1S/C9H5Cl2NO3S/c10-6-2-1-3-8(16(11,13)14)9(6)7-4-5-12-15-7/h1-5H. The van der Waals surface area contributed by atoms with Crippen LogP contribution in [-0.4, -0.2) is 13.6 Å². The highest BCUT2D eigenvalue weighted by molar-refractivity contribution is 8.13. The van der Waals surface area contributed by atoms with Gasteiger partial charge in [0.1, 0.15) is 0 Å². The normalized spacial score (nSPS) is 11.6. The van der Waals surface area contributed by atoms with E-state index < -0.39 is 9.05 Å². The molecule has 7 heteroatoms. The van der Waals surface area contributed by atoms with Crippen LogP contribution in [0.15, 0.2) is 39.9 Å². The summed E-state index contributed by atoms with van der Waals surface area (Å²) in [5.41, 5.74) is 0.219. The highest BCUT2D eigenvalue weighted by Gasteiger charge is 2.21. The maximum Gasteiger partial charge on any atom is 0.262 e. The second-order valence-electron chi connectivity index (χ2n) is 2.93. The summed E-state index contributed by atoms with van der Waals surface area (Å²) in [6.45, 7) is 0. The average Bonchev–Trinajstić information content (AvgIpc) is 2.68. The third-order valence-electron chi connectivity index (χ3n) is 1.92. The Morgan fingerprint density at radius 1 is 1.25 bits per heavy atom. The second-order valence-corrected chi connectivity index (χ2v) is 5.87. The van der Waals surface area contributed by atoms with Crippen molar-refractivity contribution in [2.24, 2.45) is 0 Å². The van der Waals surface area contributed by atoms with Gasteiger partial charge in [-0.2, -0.15) is 0 Å². The first-order valence-corrected chi connectivity index (χ1v) is 6.83. The molecule has 0 unspecified atom stereocenters. The minimum Gasteiger partial charge on any atom is -0.356 e. The minimum atomic E-state index is -3.88. The van der Waals surface area contributed by atoms with Gasteiger partial charge in [-0.3, -0.25) is 0 Å². The van der Waals surface area contributed by atoms with Crippen molar-refractivity contribution in [1.29, 1.82) is 0 Å². The average molecular weight is 278 g/mol. The Labute approximate surface area is 101 Å². The molecule has 0 atom stereocenters. The van der Waals surface area contributed by atoms with Crippen LogP contribution in [0.1, 0.15) is 0 Å². The van der Waals surface area contributed by atoms with Crippen LogP contribution in [0.25, 0.3) is 11.3 Å². The molecule has 0 N–H and O–H groups in total. The van der Waals surface area contributed by atoms with Gasteiger partial charge in [-0.1, -0.05) is 22.8 Å². The van der Waals surface area contributed by atoms with Gasteiger partial charge in [0.2, 0.25) is 0 Å². The van der Waals surface area contributed by atoms with Crippen molar-refractivity contribution in [3.63, 3.8) is 0 Å².